The van der Waals surface area contributed by atoms with E-state index >= 15 is 0 Å². The summed E-state index contributed by atoms with van der Waals surface area (Å²) in [6.07, 6.45) is 4.79. The summed E-state index contributed by atoms with van der Waals surface area (Å²) in [7, 11) is 0. The molecule has 27 heavy (non-hydrogen) atoms. The summed E-state index contributed by atoms with van der Waals surface area (Å²) in [6.45, 7) is 4.86. The number of amides is 4. The Morgan fingerprint density at radius 3 is 2.63 bits per heavy atom. The quantitative estimate of drug-likeness (QED) is 0.560. The number of piperidine rings is 1. The third kappa shape index (κ3) is 8.09. The smallest absolute Gasteiger partial charge is 0.321 e. The fraction of sp³-hybridized carbons (Fsp3) is 0.632. The summed E-state index contributed by atoms with van der Waals surface area (Å²) in [6, 6.07) is 3.37. The fourth-order valence-electron chi connectivity index (χ4n) is 3.08. The second kappa shape index (κ2) is 11.7. The van der Waals surface area contributed by atoms with Gasteiger partial charge < -0.3 is 10.6 Å². The molecule has 2 rings (SSSR count). The van der Waals surface area contributed by atoms with Crippen LogP contribution in [0.5, 0.6) is 0 Å². The van der Waals surface area contributed by atoms with Gasteiger partial charge in [-0.2, -0.15) is 0 Å². The number of carbonyl (C=O) groups excluding carboxylic acids is 3. The summed E-state index contributed by atoms with van der Waals surface area (Å²) in [5.74, 6) is -0.163. The van der Waals surface area contributed by atoms with Gasteiger partial charge in [-0.25, -0.2) is 4.79 Å². The molecule has 150 valence electrons. The monoisotopic (exact) mass is 394 g/mol. The zero-order valence-corrected chi connectivity index (χ0v) is 16.8. The van der Waals surface area contributed by atoms with E-state index in [4.69, 9.17) is 0 Å². The molecule has 7 nitrogen and oxygen atoms in total. The molecule has 0 bridgehead atoms. The summed E-state index contributed by atoms with van der Waals surface area (Å²) in [5, 5.41) is 9.98. The lowest BCUT2D eigenvalue weighted by Gasteiger charge is -2.30. The van der Waals surface area contributed by atoms with Crippen LogP contribution in [0.3, 0.4) is 0 Å². The number of carbonyl (C=O) groups is 3. The van der Waals surface area contributed by atoms with E-state index < -0.39 is 6.03 Å². The average molecular weight is 395 g/mol. The van der Waals surface area contributed by atoms with E-state index in [-0.39, 0.29) is 24.3 Å². The van der Waals surface area contributed by atoms with Crippen molar-refractivity contribution in [2.24, 2.45) is 5.92 Å². The Morgan fingerprint density at radius 1 is 1.19 bits per heavy atom. The number of nitrogens with zero attached hydrogens (tertiary/aromatic N) is 1. The first-order valence-electron chi connectivity index (χ1n) is 9.68. The fourth-order valence-corrected chi connectivity index (χ4v) is 3.72. The normalized spacial score (nSPS) is 15.3. The maximum Gasteiger partial charge on any atom is 0.321 e. The van der Waals surface area contributed by atoms with Crippen LogP contribution in [-0.4, -0.2) is 48.9 Å². The third-order valence-corrected chi connectivity index (χ3v) is 5.54. The van der Waals surface area contributed by atoms with Crippen molar-refractivity contribution in [2.75, 3.05) is 26.2 Å². The van der Waals surface area contributed by atoms with Gasteiger partial charge in [0, 0.05) is 17.3 Å². The molecule has 0 radical (unpaired) electrons. The Labute approximate surface area is 164 Å². The van der Waals surface area contributed by atoms with Crippen molar-refractivity contribution in [2.45, 2.75) is 45.6 Å². The molecule has 0 spiro atoms. The van der Waals surface area contributed by atoms with Gasteiger partial charge in [-0.1, -0.05) is 25.8 Å². The minimum atomic E-state index is -0.477. The molecule has 1 aliphatic rings. The molecule has 2 heterocycles. The van der Waals surface area contributed by atoms with Crippen molar-refractivity contribution in [1.29, 1.82) is 0 Å². The van der Waals surface area contributed by atoms with E-state index in [1.165, 1.54) is 0 Å². The van der Waals surface area contributed by atoms with Gasteiger partial charge in [0.15, 0.2) is 0 Å². The molecule has 3 N–H and O–H groups in total. The first-order valence-corrected chi connectivity index (χ1v) is 10.6. The molecule has 8 heteroatoms. The van der Waals surface area contributed by atoms with Crippen LogP contribution in [0.1, 0.15) is 43.9 Å². The van der Waals surface area contributed by atoms with Crippen LogP contribution in [0.25, 0.3) is 0 Å². The van der Waals surface area contributed by atoms with Crippen molar-refractivity contribution in [1.82, 2.24) is 20.9 Å². The van der Waals surface area contributed by atoms with Crippen LogP contribution in [0.2, 0.25) is 0 Å². The molecule has 0 aromatic carbocycles. The Hall–Kier alpha value is -1.93. The van der Waals surface area contributed by atoms with Crippen molar-refractivity contribution < 1.29 is 14.4 Å². The standard InChI is InChI=1S/C19H30N4O3S/c1-2-3-4-9-20-18(25)15-7-10-23(11-8-15)14-17(24)22-19(26)21-13-16-6-5-12-27-16/h5-6,12,15H,2-4,7-11,13-14H2,1H3,(H,20,25)(H2,21,22,24,26). The Bertz CT molecular complexity index is 598. The van der Waals surface area contributed by atoms with Gasteiger partial charge in [-0.15, -0.1) is 11.3 Å². The third-order valence-electron chi connectivity index (χ3n) is 4.66. The van der Waals surface area contributed by atoms with E-state index in [0.29, 0.717) is 19.6 Å². The predicted molar refractivity (Wildman–Crippen MR) is 106 cm³/mol. The van der Waals surface area contributed by atoms with Gasteiger partial charge in [-0.05, 0) is 43.8 Å². The van der Waals surface area contributed by atoms with Crippen LogP contribution in [0.4, 0.5) is 4.79 Å². The van der Waals surface area contributed by atoms with E-state index in [2.05, 4.69) is 22.9 Å². The molecule has 1 saturated heterocycles. The number of unbranched alkanes of at least 4 members (excludes halogenated alkanes) is 2. The van der Waals surface area contributed by atoms with Crippen LogP contribution in [-0.2, 0) is 16.1 Å². The van der Waals surface area contributed by atoms with Gasteiger partial charge in [0.1, 0.15) is 0 Å². The SMILES string of the molecule is CCCCCNC(=O)C1CCN(CC(=O)NC(=O)NCc2cccs2)CC1. The summed E-state index contributed by atoms with van der Waals surface area (Å²) in [5.41, 5.74) is 0. The number of imide groups is 1. The molecule has 0 unspecified atom stereocenters. The summed E-state index contributed by atoms with van der Waals surface area (Å²) in [4.78, 5) is 38.9. The molecular formula is C19H30N4O3S. The molecule has 4 amide bonds. The Morgan fingerprint density at radius 2 is 1.96 bits per heavy atom. The van der Waals surface area contributed by atoms with E-state index in [0.717, 1.165) is 43.5 Å². The van der Waals surface area contributed by atoms with Crippen molar-refractivity contribution in [3.63, 3.8) is 0 Å². The van der Waals surface area contributed by atoms with Gasteiger partial charge in [-0.3, -0.25) is 19.8 Å². The molecular weight excluding hydrogens is 364 g/mol. The second-order valence-corrected chi connectivity index (χ2v) is 7.89. The number of urea groups is 1. The van der Waals surface area contributed by atoms with Crippen LogP contribution >= 0.6 is 11.3 Å². The number of nitrogens with one attached hydrogen (secondary N) is 3. The van der Waals surface area contributed by atoms with Crippen molar-refractivity contribution in [3.8, 4) is 0 Å². The van der Waals surface area contributed by atoms with Crippen LogP contribution in [0, 0.1) is 5.92 Å². The highest BCUT2D eigenvalue weighted by molar-refractivity contribution is 7.09. The maximum atomic E-state index is 12.1. The van der Waals surface area contributed by atoms with Gasteiger partial charge in [0.2, 0.25) is 11.8 Å². The number of rotatable bonds is 9. The van der Waals surface area contributed by atoms with Gasteiger partial charge in [0.05, 0.1) is 13.1 Å². The lowest BCUT2D eigenvalue weighted by Crippen LogP contribution is -2.47. The van der Waals surface area contributed by atoms with Crippen molar-refractivity contribution >= 4 is 29.2 Å². The molecule has 0 atom stereocenters. The van der Waals surface area contributed by atoms with Crippen LogP contribution < -0.4 is 16.0 Å². The minimum Gasteiger partial charge on any atom is -0.356 e. The Kier molecular flexibility index (Phi) is 9.27. The number of likely N-dealkylation sites (tertiary alicyclic amines) is 1. The van der Waals surface area contributed by atoms with E-state index in [9.17, 15) is 14.4 Å². The molecule has 1 aliphatic heterocycles. The highest BCUT2D eigenvalue weighted by Gasteiger charge is 2.25. The molecule has 1 aromatic heterocycles. The number of thiophene rings is 1. The van der Waals surface area contributed by atoms with Crippen LogP contribution in [0.15, 0.2) is 17.5 Å². The lowest BCUT2D eigenvalue weighted by atomic mass is 9.96. The highest BCUT2D eigenvalue weighted by atomic mass is 32.1. The van der Waals surface area contributed by atoms with E-state index in [1.807, 2.05) is 22.4 Å². The summed E-state index contributed by atoms with van der Waals surface area (Å²) >= 11 is 1.55. The number of hydrogen-bond donors (Lipinski definition) is 3. The first-order chi connectivity index (χ1) is 13.1. The summed E-state index contributed by atoms with van der Waals surface area (Å²) < 4.78 is 0. The molecule has 1 aromatic rings. The molecule has 1 fully saturated rings. The largest absolute Gasteiger partial charge is 0.356 e. The van der Waals surface area contributed by atoms with Crippen molar-refractivity contribution in [3.05, 3.63) is 22.4 Å². The van der Waals surface area contributed by atoms with Gasteiger partial charge >= 0.3 is 6.03 Å². The topological polar surface area (TPSA) is 90.5 Å². The molecule has 0 saturated carbocycles. The van der Waals surface area contributed by atoms with E-state index in [1.54, 1.807) is 11.3 Å². The number of hydrogen-bond acceptors (Lipinski definition) is 5. The maximum absolute atomic E-state index is 12.1. The first kappa shape index (κ1) is 21.4. The zero-order chi connectivity index (χ0) is 19.5. The van der Waals surface area contributed by atoms with Gasteiger partial charge in [0.25, 0.3) is 0 Å². The average Bonchev–Trinajstić information content (AvgIpc) is 3.17. The molecule has 0 aliphatic carbocycles. The minimum absolute atomic E-state index is 0.0278. The Balaban J connectivity index is 1.59. The lowest BCUT2D eigenvalue weighted by molar-refractivity contribution is -0.126. The highest BCUT2D eigenvalue weighted by Crippen LogP contribution is 2.17. The zero-order valence-electron chi connectivity index (χ0n) is 16.0. The predicted octanol–water partition coefficient (Wildman–Crippen LogP) is 2.09. The second-order valence-electron chi connectivity index (χ2n) is 6.86.